The third-order valence-electron chi connectivity index (χ3n) is 3.33. The molecule has 0 spiro atoms. The third kappa shape index (κ3) is 4.04. The fraction of sp³-hybridized carbons (Fsp3) is 0.571. The highest BCUT2D eigenvalue weighted by atomic mass is 79.9. The van der Waals surface area contributed by atoms with Crippen LogP contribution in [0.3, 0.4) is 0 Å². The fourth-order valence-electron chi connectivity index (χ4n) is 1.88. The Labute approximate surface area is 130 Å². The van der Waals surface area contributed by atoms with E-state index in [1.165, 1.54) is 4.31 Å². The number of halogens is 1. The molecule has 1 aromatic rings. The average molecular weight is 364 g/mol. The minimum atomic E-state index is -3.49. The molecule has 0 aliphatic rings. The maximum atomic E-state index is 12.8. The van der Waals surface area contributed by atoms with E-state index in [1.54, 1.807) is 25.3 Å². The molecular formula is C14H22BrNO3S. The van der Waals surface area contributed by atoms with Crippen LogP contribution < -0.4 is 0 Å². The summed E-state index contributed by atoms with van der Waals surface area (Å²) in [5, 5.41) is 0. The van der Waals surface area contributed by atoms with Gasteiger partial charge >= 0.3 is 0 Å². The predicted molar refractivity (Wildman–Crippen MR) is 84.4 cm³/mol. The number of nitrogens with zero attached hydrogens (tertiary/aromatic N) is 1. The monoisotopic (exact) mass is 363 g/mol. The third-order valence-corrected chi connectivity index (χ3v) is 6.23. The molecule has 0 radical (unpaired) electrons. The molecule has 0 saturated heterocycles. The molecule has 0 heterocycles. The van der Waals surface area contributed by atoms with Crippen molar-refractivity contribution in [3.05, 3.63) is 28.2 Å². The van der Waals surface area contributed by atoms with E-state index in [1.807, 2.05) is 20.8 Å². The molecule has 0 aliphatic carbocycles. The van der Waals surface area contributed by atoms with Crippen LogP contribution in [0.15, 0.2) is 27.6 Å². The van der Waals surface area contributed by atoms with Gasteiger partial charge < -0.3 is 4.74 Å². The van der Waals surface area contributed by atoms with Crippen LogP contribution in [-0.2, 0) is 14.8 Å². The summed E-state index contributed by atoms with van der Waals surface area (Å²) in [4.78, 5) is 0.328. The van der Waals surface area contributed by atoms with E-state index in [-0.39, 0.29) is 6.04 Å². The Morgan fingerprint density at radius 1 is 1.40 bits per heavy atom. The smallest absolute Gasteiger partial charge is 0.243 e. The average Bonchev–Trinajstić information content (AvgIpc) is 2.41. The maximum Gasteiger partial charge on any atom is 0.243 e. The number of benzene rings is 1. The summed E-state index contributed by atoms with van der Waals surface area (Å²) in [6.07, 6.45) is 0.762. The van der Waals surface area contributed by atoms with Crippen molar-refractivity contribution in [2.45, 2.75) is 38.1 Å². The Balaban J connectivity index is 3.17. The van der Waals surface area contributed by atoms with Crippen molar-refractivity contribution in [3.63, 3.8) is 0 Å². The van der Waals surface area contributed by atoms with E-state index in [9.17, 15) is 8.42 Å². The van der Waals surface area contributed by atoms with Gasteiger partial charge in [0.15, 0.2) is 0 Å². The lowest BCUT2D eigenvalue weighted by molar-refractivity contribution is 0.167. The van der Waals surface area contributed by atoms with Gasteiger partial charge in [0.1, 0.15) is 0 Å². The zero-order chi connectivity index (χ0) is 15.3. The van der Waals surface area contributed by atoms with Crippen LogP contribution >= 0.6 is 15.9 Å². The topological polar surface area (TPSA) is 46.6 Å². The van der Waals surface area contributed by atoms with Gasteiger partial charge in [-0.15, -0.1) is 0 Å². The first-order chi connectivity index (χ1) is 9.34. The zero-order valence-electron chi connectivity index (χ0n) is 12.4. The second kappa shape index (κ2) is 7.54. The lowest BCUT2D eigenvalue weighted by atomic mass is 10.2. The molecule has 1 aromatic carbocycles. The van der Waals surface area contributed by atoms with Crippen LogP contribution in [0.5, 0.6) is 0 Å². The van der Waals surface area contributed by atoms with Crippen LogP contribution in [0.25, 0.3) is 0 Å². The highest BCUT2D eigenvalue weighted by Crippen LogP contribution is 2.24. The summed E-state index contributed by atoms with van der Waals surface area (Å²) in [5.74, 6) is 0. The first-order valence-electron chi connectivity index (χ1n) is 6.61. The van der Waals surface area contributed by atoms with Gasteiger partial charge in [0.25, 0.3) is 0 Å². The minimum Gasteiger partial charge on any atom is -0.383 e. The molecule has 0 aromatic heterocycles. The van der Waals surface area contributed by atoms with Gasteiger partial charge in [0, 0.05) is 24.2 Å². The summed E-state index contributed by atoms with van der Waals surface area (Å²) in [5.41, 5.74) is 0.905. The van der Waals surface area contributed by atoms with Crippen molar-refractivity contribution in [2.75, 3.05) is 20.3 Å². The SMILES string of the molecule is CCC(C)N(CCOC)S(=O)(=O)c1ccc(Br)c(C)c1. The van der Waals surface area contributed by atoms with Gasteiger partial charge in [-0.3, -0.25) is 0 Å². The molecule has 4 nitrogen and oxygen atoms in total. The van der Waals surface area contributed by atoms with Crippen molar-refractivity contribution in [1.82, 2.24) is 4.31 Å². The molecule has 0 N–H and O–H groups in total. The van der Waals surface area contributed by atoms with E-state index in [0.29, 0.717) is 18.0 Å². The van der Waals surface area contributed by atoms with Gasteiger partial charge in [-0.1, -0.05) is 22.9 Å². The molecule has 20 heavy (non-hydrogen) atoms. The number of rotatable bonds is 7. The number of hydrogen-bond donors (Lipinski definition) is 0. The number of hydrogen-bond acceptors (Lipinski definition) is 3. The second-order valence-electron chi connectivity index (χ2n) is 4.78. The number of aryl methyl sites for hydroxylation is 1. The van der Waals surface area contributed by atoms with Crippen molar-refractivity contribution < 1.29 is 13.2 Å². The standard InChI is InChI=1S/C14H22BrNO3S/c1-5-12(3)16(8-9-19-4)20(17,18)13-6-7-14(15)11(2)10-13/h6-7,10,12H,5,8-9H2,1-4H3. The lowest BCUT2D eigenvalue weighted by Crippen LogP contribution is -2.40. The van der Waals surface area contributed by atoms with Gasteiger partial charge in [0.2, 0.25) is 10.0 Å². The van der Waals surface area contributed by atoms with Gasteiger partial charge in [-0.25, -0.2) is 8.42 Å². The van der Waals surface area contributed by atoms with Crippen molar-refractivity contribution in [2.24, 2.45) is 0 Å². The largest absolute Gasteiger partial charge is 0.383 e. The van der Waals surface area contributed by atoms with Crippen LogP contribution in [0.2, 0.25) is 0 Å². The van der Waals surface area contributed by atoms with E-state index in [2.05, 4.69) is 15.9 Å². The van der Waals surface area contributed by atoms with Gasteiger partial charge in [0.05, 0.1) is 11.5 Å². The summed E-state index contributed by atoms with van der Waals surface area (Å²) in [6, 6.07) is 5.04. The Morgan fingerprint density at radius 2 is 2.05 bits per heavy atom. The molecule has 1 unspecified atom stereocenters. The Bertz CT molecular complexity index is 545. The van der Waals surface area contributed by atoms with Crippen molar-refractivity contribution in [1.29, 1.82) is 0 Å². The Hall–Kier alpha value is -0.430. The summed E-state index contributed by atoms with van der Waals surface area (Å²) < 4.78 is 33.0. The van der Waals surface area contributed by atoms with E-state index < -0.39 is 10.0 Å². The van der Waals surface area contributed by atoms with E-state index >= 15 is 0 Å². The predicted octanol–water partition coefficient (Wildman–Crippen LogP) is 3.19. The molecule has 1 atom stereocenters. The first-order valence-corrected chi connectivity index (χ1v) is 8.84. The highest BCUT2D eigenvalue weighted by molar-refractivity contribution is 9.10. The molecule has 0 bridgehead atoms. The molecule has 0 fully saturated rings. The van der Waals surface area contributed by atoms with Crippen LogP contribution in [-0.4, -0.2) is 39.0 Å². The number of ether oxygens (including phenoxy) is 1. The molecule has 6 heteroatoms. The molecule has 1 rings (SSSR count). The van der Waals surface area contributed by atoms with Gasteiger partial charge in [-0.05, 0) is 44.0 Å². The lowest BCUT2D eigenvalue weighted by Gasteiger charge is -2.27. The quantitative estimate of drug-likeness (QED) is 0.747. The molecule has 0 amide bonds. The normalized spacial score (nSPS) is 13.7. The van der Waals surface area contributed by atoms with Crippen LogP contribution in [0.1, 0.15) is 25.8 Å². The summed E-state index contributed by atoms with van der Waals surface area (Å²) in [7, 11) is -1.92. The first kappa shape index (κ1) is 17.6. The van der Waals surface area contributed by atoms with Crippen molar-refractivity contribution >= 4 is 26.0 Å². The minimum absolute atomic E-state index is 0.0564. The van der Waals surface area contributed by atoms with Gasteiger partial charge in [-0.2, -0.15) is 4.31 Å². The molecule has 114 valence electrons. The summed E-state index contributed by atoms with van der Waals surface area (Å²) >= 11 is 3.39. The van der Waals surface area contributed by atoms with E-state index in [0.717, 1.165) is 16.5 Å². The molecule has 0 saturated carbocycles. The van der Waals surface area contributed by atoms with Crippen LogP contribution in [0.4, 0.5) is 0 Å². The van der Waals surface area contributed by atoms with Crippen molar-refractivity contribution in [3.8, 4) is 0 Å². The van der Waals surface area contributed by atoms with Crippen LogP contribution in [0, 0.1) is 6.92 Å². The number of methoxy groups -OCH3 is 1. The Morgan fingerprint density at radius 3 is 2.55 bits per heavy atom. The van der Waals surface area contributed by atoms with E-state index in [4.69, 9.17) is 4.74 Å². The zero-order valence-corrected chi connectivity index (χ0v) is 14.8. The Kier molecular flexibility index (Phi) is 6.64. The molecular weight excluding hydrogens is 342 g/mol. The maximum absolute atomic E-state index is 12.8. The fourth-order valence-corrected chi connectivity index (χ4v) is 3.90. The highest BCUT2D eigenvalue weighted by Gasteiger charge is 2.28. The number of sulfonamides is 1. The second-order valence-corrected chi connectivity index (χ2v) is 7.52. The summed E-state index contributed by atoms with van der Waals surface area (Å²) in [6.45, 7) is 6.53. The molecule has 0 aliphatic heterocycles.